The fourth-order valence-corrected chi connectivity index (χ4v) is 0.935. The summed E-state index contributed by atoms with van der Waals surface area (Å²) in [5.41, 5.74) is -0.465. The molecule has 0 atom stereocenters. The summed E-state index contributed by atoms with van der Waals surface area (Å²) in [4.78, 5) is 11.5. The van der Waals surface area contributed by atoms with Crippen molar-refractivity contribution in [2.75, 3.05) is 13.2 Å². The minimum atomic E-state index is -1.06. The molecule has 84 valence electrons. The highest BCUT2D eigenvalue weighted by molar-refractivity contribution is 5.91. The molecule has 3 N–H and O–H groups in total. The van der Waals surface area contributed by atoms with Crippen molar-refractivity contribution in [3.8, 4) is 0 Å². The Bertz CT molecular complexity index is 344. The van der Waals surface area contributed by atoms with Crippen LogP contribution in [0.15, 0.2) is 10.6 Å². The summed E-state index contributed by atoms with van der Waals surface area (Å²) in [6.07, 6.45) is 0. The van der Waals surface area contributed by atoms with Crippen LogP contribution in [0.2, 0.25) is 0 Å². The lowest BCUT2D eigenvalue weighted by Crippen LogP contribution is -2.51. The van der Waals surface area contributed by atoms with Gasteiger partial charge in [-0.1, -0.05) is 5.16 Å². The number of nitrogens with one attached hydrogen (secondary N) is 1. The summed E-state index contributed by atoms with van der Waals surface area (Å²) < 4.78 is 4.74. The van der Waals surface area contributed by atoms with Gasteiger partial charge in [-0.3, -0.25) is 4.79 Å². The van der Waals surface area contributed by atoms with Crippen LogP contribution >= 0.6 is 0 Å². The number of carbonyl (C=O) groups excluding carboxylic acids is 1. The Morgan fingerprint density at radius 3 is 2.60 bits per heavy atom. The largest absolute Gasteiger partial charge is 0.394 e. The third kappa shape index (κ3) is 2.77. The molecule has 1 aromatic rings. The minimum Gasteiger partial charge on any atom is -0.394 e. The molecule has 6 heteroatoms. The molecule has 6 nitrogen and oxygen atoms in total. The Balaban J connectivity index is 2.71. The molecule has 0 aromatic carbocycles. The molecule has 0 unspecified atom stereocenters. The van der Waals surface area contributed by atoms with Gasteiger partial charge in [-0.15, -0.1) is 0 Å². The number of aryl methyl sites for hydroxylation is 1. The van der Waals surface area contributed by atoms with Crippen molar-refractivity contribution in [2.45, 2.75) is 19.4 Å². The molecule has 0 fully saturated rings. The molecule has 0 radical (unpaired) electrons. The Labute approximate surface area is 86.9 Å². The summed E-state index contributed by atoms with van der Waals surface area (Å²) in [7, 11) is 0. The van der Waals surface area contributed by atoms with Gasteiger partial charge in [0.05, 0.1) is 24.4 Å². The molecular weight excluding hydrogens is 200 g/mol. The van der Waals surface area contributed by atoms with Crippen LogP contribution in [0.5, 0.6) is 0 Å². The van der Waals surface area contributed by atoms with E-state index < -0.39 is 11.4 Å². The van der Waals surface area contributed by atoms with Crippen molar-refractivity contribution in [3.05, 3.63) is 17.5 Å². The van der Waals surface area contributed by atoms with Gasteiger partial charge in [0, 0.05) is 6.07 Å². The molecule has 1 aromatic heterocycles. The first kappa shape index (κ1) is 11.7. The molecule has 0 aliphatic rings. The highest BCUT2D eigenvalue weighted by atomic mass is 16.5. The van der Waals surface area contributed by atoms with Gasteiger partial charge in [0.25, 0.3) is 5.91 Å². The average molecular weight is 214 g/mol. The van der Waals surface area contributed by atoms with Crippen LogP contribution in [0.25, 0.3) is 0 Å². The fraction of sp³-hybridized carbons (Fsp3) is 0.556. The maximum absolute atomic E-state index is 11.5. The summed E-state index contributed by atoms with van der Waals surface area (Å²) >= 11 is 0. The van der Waals surface area contributed by atoms with E-state index in [9.17, 15) is 4.79 Å². The van der Waals surface area contributed by atoms with Gasteiger partial charge in [0.15, 0.2) is 0 Å². The van der Waals surface area contributed by atoms with E-state index in [2.05, 4.69) is 10.5 Å². The third-order valence-corrected chi connectivity index (χ3v) is 1.97. The average Bonchev–Trinajstić information content (AvgIpc) is 2.65. The summed E-state index contributed by atoms with van der Waals surface area (Å²) in [6, 6.07) is 1.48. The maximum Gasteiger partial charge on any atom is 0.290 e. The van der Waals surface area contributed by atoms with Crippen molar-refractivity contribution < 1.29 is 19.5 Å². The Hall–Kier alpha value is -1.40. The second-order valence-corrected chi connectivity index (χ2v) is 3.66. The van der Waals surface area contributed by atoms with E-state index in [-0.39, 0.29) is 19.0 Å². The zero-order chi connectivity index (χ0) is 11.5. The van der Waals surface area contributed by atoms with Crippen molar-refractivity contribution in [1.82, 2.24) is 10.5 Å². The fourth-order valence-electron chi connectivity index (χ4n) is 0.935. The molecule has 1 heterocycles. The van der Waals surface area contributed by atoms with Crippen molar-refractivity contribution in [3.63, 3.8) is 0 Å². The second kappa shape index (κ2) is 4.41. The van der Waals surface area contributed by atoms with E-state index in [0.29, 0.717) is 5.69 Å². The number of aromatic nitrogens is 1. The zero-order valence-corrected chi connectivity index (χ0v) is 8.65. The Morgan fingerprint density at radius 1 is 1.60 bits per heavy atom. The van der Waals surface area contributed by atoms with Gasteiger partial charge in [0.1, 0.15) is 0 Å². The Kier molecular flexibility index (Phi) is 3.43. The lowest BCUT2D eigenvalue weighted by Gasteiger charge is -2.25. The number of amides is 1. The number of hydrogen-bond acceptors (Lipinski definition) is 5. The predicted octanol–water partition coefficient (Wildman–Crippen LogP) is -0.544. The van der Waals surface area contributed by atoms with Crippen LogP contribution in [0.3, 0.4) is 0 Å². The first-order valence-corrected chi connectivity index (χ1v) is 4.48. The molecule has 0 aliphatic carbocycles. The number of rotatable bonds is 4. The first-order chi connectivity index (χ1) is 7.00. The molecule has 1 amide bonds. The third-order valence-electron chi connectivity index (χ3n) is 1.97. The van der Waals surface area contributed by atoms with Crippen molar-refractivity contribution in [2.24, 2.45) is 0 Å². The lowest BCUT2D eigenvalue weighted by atomic mass is 10.1. The molecule has 0 spiro atoms. The summed E-state index contributed by atoms with van der Waals surface area (Å²) in [5.74, 6) is -0.457. The number of aliphatic hydroxyl groups excluding tert-OH is 2. The highest BCUT2D eigenvalue weighted by Gasteiger charge is 2.26. The first-order valence-electron chi connectivity index (χ1n) is 4.48. The van der Waals surface area contributed by atoms with Crippen molar-refractivity contribution in [1.29, 1.82) is 0 Å². The number of hydrogen-bond donors (Lipinski definition) is 3. The zero-order valence-electron chi connectivity index (χ0n) is 8.65. The van der Waals surface area contributed by atoms with Crippen molar-refractivity contribution >= 4 is 5.91 Å². The predicted molar refractivity (Wildman–Crippen MR) is 51.3 cm³/mol. The summed E-state index contributed by atoms with van der Waals surface area (Å²) in [6.45, 7) is 2.50. The number of nitrogens with zero attached hydrogens (tertiary/aromatic N) is 1. The van der Waals surface area contributed by atoms with Crippen LogP contribution in [-0.4, -0.2) is 40.0 Å². The topological polar surface area (TPSA) is 95.6 Å². The van der Waals surface area contributed by atoms with Gasteiger partial charge >= 0.3 is 0 Å². The monoisotopic (exact) mass is 214 g/mol. The lowest BCUT2D eigenvalue weighted by molar-refractivity contribution is 0.0693. The van der Waals surface area contributed by atoms with Gasteiger partial charge in [-0.2, -0.15) is 0 Å². The van der Waals surface area contributed by atoms with Crippen LogP contribution in [0.1, 0.15) is 23.2 Å². The maximum atomic E-state index is 11.5. The highest BCUT2D eigenvalue weighted by Crippen LogP contribution is 2.06. The van der Waals surface area contributed by atoms with Crippen LogP contribution in [0, 0.1) is 6.92 Å². The van der Waals surface area contributed by atoms with Crippen LogP contribution in [-0.2, 0) is 0 Å². The smallest absolute Gasteiger partial charge is 0.290 e. The molecule has 1 rings (SSSR count). The number of aliphatic hydroxyl groups is 2. The van der Waals surface area contributed by atoms with Crippen LogP contribution in [0.4, 0.5) is 0 Å². The van der Waals surface area contributed by atoms with Gasteiger partial charge in [0.2, 0.25) is 5.76 Å². The molecule has 0 bridgehead atoms. The molecule has 15 heavy (non-hydrogen) atoms. The second-order valence-electron chi connectivity index (χ2n) is 3.66. The van der Waals surface area contributed by atoms with E-state index in [1.807, 2.05) is 0 Å². The molecule has 0 aliphatic heterocycles. The quantitative estimate of drug-likeness (QED) is 0.625. The van der Waals surface area contributed by atoms with E-state index in [1.54, 1.807) is 6.92 Å². The molecule has 0 saturated heterocycles. The SMILES string of the molecule is Cc1cc(C(=O)NC(C)(CO)CO)on1. The van der Waals surface area contributed by atoms with Gasteiger partial charge in [-0.25, -0.2) is 0 Å². The molecule has 0 saturated carbocycles. The van der Waals surface area contributed by atoms with E-state index in [4.69, 9.17) is 14.7 Å². The minimum absolute atomic E-state index is 0.0561. The van der Waals surface area contributed by atoms with Crippen LogP contribution < -0.4 is 5.32 Å². The van der Waals surface area contributed by atoms with E-state index >= 15 is 0 Å². The number of carbonyl (C=O) groups is 1. The van der Waals surface area contributed by atoms with E-state index in [0.717, 1.165) is 0 Å². The Morgan fingerprint density at radius 2 is 2.20 bits per heavy atom. The van der Waals surface area contributed by atoms with Gasteiger partial charge in [-0.05, 0) is 13.8 Å². The standard InChI is InChI=1S/C9H14N2O4/c1-6-3-7(15-11-6)8(14)10-9(2,4-12)5-13/h3,12-13H,4-5H2,1-2H3,(H,10,14). The molecular formula is C9H14N2O4. The van der Waals surface area contributed by atoms with E-state index in [1.165, 1.54) is 13.0 Å². The summed E-state index contributed by atoms with van der Waals surface area (Å²) in [5, 5.41) is 23.9. The normalized spacial score (nSPS) is 11.5. The van der Waals surface area contributed by atoms with Gasteiger partial charge < -0.3 is 20.1 Å².